The maximum atomic E-state index is 6.17. The van der Waals surface area contributed by atoms with Crippen LogP contribution in [0.2, 0.25) is 0 Å². The van der Waals surface area contributed by atoms with Crippen molar-refractivity contribution in [2.45, 2.75) is 32.4 Å². The number of hydrogen-bond donors (Lipinski definition) is 1. The Balaban J connectivity index is 2.11. The SMILES string of the molecule is Cc1nc(C(N)C2CCOC2C)cs1. The van der Waals surface area contributed by atoms with E-state index in [1.54, 1.807) is 11.3 Å². The lowest BCUT2D eigenvalue weighted by Gasteiger charge is -2.20. The molecule has 0 radical (unpaired) electrons. The van der Waals surface area contributed by atoms with E-state index < -0.39 is 0 Å². The van der Waals surface area contributed by atoms with Gasteiger partial charge in [0.1, 0.15) is 0 Å². The van der Waals surface area contributed by atoms with Crippen molar-refractivity contribution in [3.05, 3.63) is 16.1 Å². The van der Waals surface area contributed by atoms with Crippen molar-refractivity contribution in [3.63, 3.8) is 0 Å². The van der Waals surface area contributed by atoms with Crippen LogP contribution in [0, 0.1) is 12.8 Å². The van der Waals surface area contributed by atoms with Gasteiger partial charge in [-0.15, -0.1) is 11.3 Å². The molecule has 1 aromatic rings. The number of thiazole rings is 1. The summed E-state index contributed by atoms with van der Waals surface area (Å²) < 4.78 is 5.51. The molecule has 14 heavy (non-hydrogen) atoms. The highest BCUT2D eigenvalue weighted by Crippen LogP contribution is 2.31. The molecule has 0 spiro atoms. The molecule has 1 aliphatic heterocycles. The molecule has 2 rings (SSSR count). The molecule has 2 N–H and O–H groups in total. The lowest BCUT2D eigenvalue weighted by atomic mass is 9.92. The summed E-state index contributed by atoms with van der Waals surface area (Å²) in [4.78, 5) is 4.43. The molecule has 3 unspecified atom stereocenters. The molecule has 0 bridgehead atoms. The van der Waals surface area contributed by atoms with E-state index in [4.69, 9.17) is 10.5 Å². The van der Waals surface area contributed by atoms with Gasteiger partial charge in [-0.3, -0.25) is 0 Å². The van der Waals surface area contributed by atoms with E-state index in [0.717, 1.165) is 23.7 Å². The topological polar surface area (TPSA) is 48.1 Å². The summed E-state index contributed by atoms with van der Waals surface area (Å²) in [5.74, 6) is 0.427. The zero-order chi connectivity index (χ0) is 10.1. The fourth-order valence-electron chi connectivity index (χ4n) is 1.97. The Kier molecular flexibility index (Phi) is 2.85. The van der Waals surface area contributed by atoms with Crippen LogP contribution in [0.15, 0.2) is 5.38 Å². The van der Waals surface area contributed by atoms with Crippen molar-refractivity contribution in [2.24, 2.45) is 11.7 Å². The van der Waals surface area contributed by atoms with Crippen LogP contribution in [0.1, 0.15) is 30.1 Å². The molecule has 0 saturated carbocycles. The molecule has 3 nitrogen and oxygen atoms in total. The zero-order valence-corrected chi connectivity index (χ0v) is 9.38. The Labute approximate surface area is 88.3 Å². The van der Waals surface area contributed by atoms with Crippen molar-refractivity contribution in [1.82, 2.24) is 4.98 Å². The Morgan fingerprint density at radius 2 is 2.50 bits per heavy atom. The molecule has 2 heterocycles. The van der Waals surface area contributed by atoms with Crippen molar-refractivity contribution in [3.8, 4) is 0 Å². The third-order valence-electron chi connectivity index (χ3n) is 2.87. The molecule has 78 valence electrons. The van der Waals surface area contributed by atoms with E-state index in [1.807, 2.05) is 6.92 Å². The smallest absolute Gasteiger partial charge is 0.0898 e. The number of nitrogens with two attached hydrogens (primary N) is 1. The molecule has 0 amide bonds. The first-order valence-electron chi connectivity index (χ1n) is 4.97. The Bertz CT molecular complexity index is 313. The Morgan fingerprint density at radius 3 is 3.00 bits per heavy atom. The number of ether oxygens (including phenoxy) is 1. The normalized spacial score (nSPS) is 29.4. The third kappa shape index (κ3) is 1.82. The molecule has 1 aliphatic rings. The second-order valence-corrected chi connectivity index (χ2v) is 4.91. The van der Waals surface area contributed by atoms with E-state index in [9.17, 15) is 0 Å². The van der Waals surface area contributed by atoms with Crippen LogP contribution in [-0.4, -0.2) is 17.7 Å². The largest absolute Gasteiger partial charge is 0.378 e. The van der Waals surface area contributed by atoms with Crippen LogP contribution in [0.25, 0.3) is 0 Å². The fraction of sp³-hybridized carbons (Fsp3) is 0.700. The van der Waals surface area contributed by atoms with E-state index >= 15 is 0 Å². The van der Waals surface area contributed by atoms with E-state index in [1.165, 1.54) is 0 Å². The second kappa shape index (κ2) is 3.96. The fourth-order valence-corrected chi connectivity index (χ4v) is 2.63. The molecular formula is C10H16N2OS. The number of hydrogen-bond acceptors (Lipinski definition) is 4. The maximum absolute atomic E-state index is 6.17. The first kappa shape index (κ1) is 10.1. The van der Waals surface area contributed by atoms with Crippen molar-refractivity contribution in [2.75, 3.05) is 6.61 Å². The Hall–Kier alpha value is -0.450. The first-order valence-corrected chi connectivity index (χ1v) is 5.85. The van der Waals surface area contributed by atoms with Crippen LogP contribution in [0.4, 0.5) is 0 Å². The molecule has 0 aromatic carbocycles. The minimum Gasteiger partial charge on any atom is -0.378 e. The predicted octanol–water partition coefficient (Wildman–Crippen LogP) is 1.88. The quantitative estimate of drug-likeness (QED) is 0.814. The van der Waals surface area contributed by atoms with Gasteiger partial charge in [0.05, 0.1) is 22.8 Å². The minimum absolute atomic E-state index is 0.0393. The average Bonchev–Trinajstić information content (AvgIpc) is 2.73. The Morgan fingerprint density at radius 1 is 1.71 bits per heavy atom. The number of aromatic nitrogens is 1. The first-order chi connectivity index (χ1) is 6.68. The molecule has 1 saturated heterocycles. The van der Waals surface area contributed by atoms with Gasteiger partial charge in [0.15, 0.2) is 0 Å². The summed E-state index contributed by atoms with van der Waals surface area (Å²) in [5.41, 5.74) is 7.19. The summed E-state index contributed by atoms with van der Waals surface area (Å²) >= 11 is 1.66. The summed E-state index contributed by atoms with van der Waals surface area (Å²) in [6.45, 7) is 4.94. The summed E-state index contributed by atoms with van der Waals surface area (Å²) in [7, 11) is 0. The zero-order valence-electron chi connectivity index (χ0n) is 8.56. The number of aryl methyl sites for hydroxylation is 1. The van der Waals surface area contributed by atoms with Crippen molar-refractivity contribution in [1.29, 1.82) is 0 Å². The lowest BCUT2D eigenvalue weighted by Crippen LogP contribution is -2.26. The van der Waals surface area contributed by atoms with Gasteiger partial charge < -0.3 is 10.5 Å². The van der Waals surface area contributed by atoms with Gasteiger partial charge in [-0.2, -0.15) is 0 Å². The molecule has 1 fully saturated rings. The van der Waals surface area contributed by atoms with Gasteiger partial charge >= 0.3 is 0 Å². The van der Waals surface area contributed by atoms with Crippen LogP contribution in [0.5, 0.6) is 0 Å². The summed E-state index contributed by atoms with van der Waals surface area (Å²) in [5, 5.41) is 3.15. The van der Waals surface area contributed by atoms with Gasteiger partial charge in [0, 0.05) is 17.9 Å². The van der Waals surface area contributed by atoms with Gasteiger partial charge in [-0.05, 0) is 20.3 Å². The predicted molar refractivity (Wildman–Crippen MR) is 57.3 cm³/mol. The van der Waals surface area contributed by atoms with Gasteiger partial charge in [-0.25, -0.2) is 4.98 Å². The van der Waals surface area contributed by atoms with Gasteiger partial charge in [-0.1, -0.05) is 0 Å². The summed E-state index contributed by atoms with van der Waals surface area (Å²) in [6, 6.07) is 0.0393. The third-order valence-corrected chi connectivity index (χ3v) is 3.67. The molecule has 1 aromatic heterocycles. The van der Waals surface area contributed by atoms with Crippen molar-refractivity contribution < 1.29 is 4.74 Å². The van der Waals surface area contributed by atoms with Crippen LogP contribution < -0.4 is 5.73 Å². The molecule has 0 aliphatic carbocycles. The van der Waals surface area contributed by atoms with Gasteiger partial charge in [0.25, 0.3) is 0 Å². The van der Waals surface area contributed by atoms with Crippen LogP contribution >= 0.6 is 11.3 Å². The monoisotopic (exact) mass is 212 g/mol. The van der Waals surface area contributed by atoms with E-state index in [2.05, 4.69) is 17.3 Å². The molecular weight excluding hydrogens is 196 g/mol. The minimum atomic E-state index is 0.0393. The molecule has 3 atom stereocenters. The lowest BCUT2D eigenvalue weighted by molar-refractivity contribution is 0.0991. The molecule has 4 heteroatoms. The van der Waals surface area contributed by atoms with E-state index in [0.29, 0.717) is 5.92 Å². The average molecular weight is 212 g/mol. The van der Waals surface area contributed by atoms with Crippen molar-refractivity contribution >= 4 is 11.3 Å². The highest BCUT2D eigenvalue weighted by molar-refractivity contribution is 7.09. The highest BCUT2D eigenvalue weighted by atomic mass is 32.1. The van der Waals surface area contributed by atoms with Crippen LogP contribution in [-0.2, 0) is 4.74 Å². The summed E-state index contributed by atoms with van der Waals surface area (Å²) in [6.07, 6.45) is 1.32. The number of rotatable bonds is 2. The second-order valence-electron chi connectivity index (χ2n) is 3.85. The van der Waals surface area contributed by atoms with Crippen LogP contribution in [0.3, 0.4) is 0 Å². The number of nitrogens with zero attached hydrogens (tertiary/aromatic N) is 1. The maximum Gasteiger partial charge on any atom is 0.0898 e. The standard InChI is InChI=1S/C10H16N2OS/c1-6-8(3-4-13-6)10(11)9-5-14-7(2)12-9/h5-6,8,10H,3-4,11H2,1-2H3. The van der Waals surface area contributed by atoms with E-state index in [-0.39, 0.29) is 12.1 Å². The highest BCUT2D eigenvalue weighted by Gasteiger charge is 2.31. The van der Waals surface area contributed by atoms with Gasteiger partial charge in [0.2, 0.25) is 0 Å².